The van der Waals surface area contributed by atoms with E-state index in [1.165, 1.54) is 16.4 Å². The summed E-state index contributed by atoms with van der Waals surface area (Å²) in [6, 6.07) is 0. The maximum Gasteiger partial charge on any atom is 0.282 e. The number of ether oxygens (including phenoxy) is 1. The Hall–Kier alpha value is -2.91. The lowest BCUT2D eigenvalue weighted by atomic mass is 10.1. The second-order valence-corrected chi connectivity index (χ2v) is 14.2. The molecular formula is C18H22FN12O6PS2. The largest absolute Gasteiger partial charge is 0.395 e. The van der Waals surface area contributed by atoms with Gasteiger partial charge in [0.05, 0.1) is 18.9 Å². The van der Waals surface area contributed by atoms with Crippen molar-refractivity contribution in [1.29, 1.82) is 0 Å². The van der Waals surface area contributed by atoms with Crippen molar-refractivity contribution in [2.75, 3.05) is 24.7 Å². The number of halogens is 1. The Morgan fingerprint density at radius 3 is 2.77 bits per heavy atom. The van der Waals surface area contributed by atoms with Gasteiger partial charge in [-0.1, -0.05) is 10.4 Å². The standard InChI is InChI=1S/C18H22FN12O6PS2/c19-8-11(33)6(37-16(8)30-13-9(26-28-30)12(20)22-4-23-13)3-36-38(35,39)7-1-5(2-32)40-17(7)31-14-10(27-29-31)15(34)25-18(21)24-14/h4-8,11,16-17,32-33H,1-3H2,(H,35,39)(H2,20,22,23)(H3,21,24,25,34)/t5-,6+,7+,8-,11+,16+,17+,38?/m0/s1. The van der Waals surface area contributed by atoms with Crippen LogP contribution in [0.5, 0.6) is 0 Å². The van der Waals surface area contributed by atoms with Crippen molar-refractivity contribution in [3.8, 4) is 0 Å². The number of aliphatic hydroxyl groups is 2. The topological polar surface area (TPSA) is 264 Å². The Balaban J connectivity index is 1.22. The summed E-state index contributed by atoms with van der Waals surface area (Å²) in [6.45, 7) is -4.42. The molecule has 8 N–H and O–H groups in total. The monoisotopic (exact) mass is 616 g/mol. The normalized spacial score (nSPS) is 30.4. The van der Waals surface area contributed by atoms with Gasteiger partial charge in [-0.3, -0.25) is 9.78 Å². The first-order chi connectivity index (χ1) is 19.1. The smallest absolute Gasteiger partial charge is 0.282 e. The van der Waals surface area contributed by atoms with Crippen molar-refractivity contribution in [1.82, 2.24) is 49.9 Å². The number of fused-ring (bicyclic) bond motifs is 2. The minimum absolute atomic E-state index is 0.0406. The van der Waals surface area contributed by atoms with Gasteiger partial charge in [-0.25, -0.2) is 19.0 Å². The molecule has 40 heavy (non-hydrogen) atoms. The summed E-state index contributed by atoms with van der Waals surface area (Å²) in [5.41, 5.74) is 10.3. The lowest BCUT2D eigenvalue weighted by Gasteiger charge is -2.28. The van der Waals surface area contributed by atoms with Gasteiger partial charge < -0.3 is 35.8 Å². The fraction of sp³-hybridized carbons (Fsp3) is 0.556. The lowest BCUT2D eigenvalue weighted by Crippen LogP contribution is -2.32. The number of anilines is 2. The molecular weight excluding hydrogens is 594 g/mol. The number of nitrogens with one attached hydrogen (secondary N) is 1. The maximum atomic E-state index is 15.1. The Morgan fingerprint density at radius 2 is 2.00 bits per heavy atom. The number of alkyl halides is 1. The van der Waals surface area contributed by atoms with Crippen molar-refractivity contribution in [2.45, 2.75) is 47.3 Å². The second kappa shape index (κ2) is 10.2. The third kappa shape index (κ3) is 4.51. The Morgan fingerprint density at radius 1 is 1.25 bits per heavy atom. The van der Waals surface area contributed by atoms with Crippen LogP contribution in [-0.4, -0.2) is 108 Å². The summed E-state index contributed by atoms with van der Waals surface area (Å²) in [6.07, 6.45) is -4.86. The van der Waals surface area contributed by atoms with Crippen molar-refractivity contribution in [2.24, 2.45) is 0 Å². The van der Waals surface area contributed by atoms with Crippen LogP contribution in [0.1, 0.15) is 18.0 Å². The van der Waals surface area contributed by atoms with E-state index in [1.807, 2.05) is 0 Å². The van der Waals surface area contributed by atoms with Crippen LogP contribution in [0.3, 0.4) is 0 Å². The molecule has 0 aromatic carbocycles. The molecule has 22 heteroatoms. The van der Waals surface area contributed by atoms with E-state index in [2.05, 4.69) is 40.6 Å². The first kappa shape index (κ1) is 27.3. The predicted molar refractivity (Wildman–Crippen MR) is 141 cm³/mol. The minimum atomic E-state index is -3.73. The molecule has 6 rings (SSSR count). The summed E-state index contributed by atoms with van der Waals surface area (Å²) in [7, 11) is 0. The molecule has 8 atom stereocenters. The van der Waals surface area contributed by atoms with Gasteiger partial charge in [0.1, 0.15) is 23.9 Å². The molecule has 0 saturated carbocycles. The van der Waals surface area contributed by atoms with Crippen LogP contribution in [-0.2, 0) is 21.1 Å². The highest BCUT2D eigenvalue weighted by molar-refractivity contribution is 8.10. The number of nitrogens with zero attached hydrogens (tertiary/aromatic N) is 9. The van der Waals surface area contributed by atoms with Gasteiger partial charge in [-0.2, -0.15) is 9.67 Å². The zero-order valence-corrected chi connectivity index (χ0v) is 22.7. The number of aliphatic hydroxyl groups excluding tert-OH is 2. The number of thioether (sulfide) groups is 1. The summed E-state index contributed by atoms with van der Waals surface area (Å²) in [5.74, 6) is -0.116. The molecule has 2 aliphatic heterocycles. The van der Waals surface area contributed by atoms with Crippen LogP contribution in [0.2, 0.25) is 0 Å². The van der Waals surface area contributed by atoms with E-state index >= 15 is 4.39 Å². The van der Waals surface area contributed by atoms with Crippen LogP contribution in [0.25, 0.3) is 22.3 Å². The Labute approximate surface area is 231 Å². The summed E-state index contributed by atoms with van der Waals surface area (Å²) < 4.78 is 28.9. The number of aromatic nitrogens is 10. The molecule has 4 aromatic heterocycles. The highest BCUT2D eigenvalue weighted by Crippen LogP contribution is 2.61. The summed E-state index contributed by atoms with van der Waals surface area (Å²) in [4.78, 5) is 37.8. The first-order valence-electron chi connectivity index (χ1n) is 11.7. The SMILES string of the molecule is Nc1nc2c(nnn2[C@@H]2S[C@H](CO)C[C@H]2P(O)(=S)OC[C@H]2O[C@@H](n3nnc4c(N)ncnc43)[C@@H](F)[C@@H]2O)c(=O)[nH]1. The Bertz CT molecular complexity index is 1690. The molecule has 2 aliphatic rings. The van der Waals surface area contributed by atoms with E-state index in [9.17, 15) is 19.9 Å². The van der Waals surface area contributed by atoms with Crippen LogP contribution in [0.15, 0.2) is 11.1 Å². The molecule has 6 heterocycles. The van der Waals surface area contributed by atoms with Crippen LogP contribution in [0.4, 0.5) is 16.2 Å². The summed E-state index contributed by atoms with van der Waals surface area (Å²) in [5, 5.41) is 34.9. The van der Waals surface area contributed by atoms with Gasteiger partial charge in [-0.15, -0.1) is 22.0 Å². The van der Waals surface area contributed by atoms with Gasteiger partial charge in [0, 0.05) is 5.25 Å². The number of nitrogen functional groups attached to an aromatic ring is 2. The number of aromatic amines is 1. The molecule has 2 fully saturated rings. The van der Waals surface area contributed by atoms with Crippen LogP contribution in [0, 0.1) is 0 Å². The van der Waals surface area contributed by atoms with Gasteiger partial charge in [0.15, 0.2) is 47.0 Å². The van der Waals surface area contributed by atoms with Crippen LogP contribution < -0.4 is 17.0 Å². The van der Waals surface area contributed by atoms with Crippen LogP contribution >= 0.6 is 18.3 Å². The average molecular weight is 617 g/mol. The van der Waals surface area contributed by atoms with Gasteiger partial charge in [0.2, 0.25) is 5.95 Å². The zero-order chi connectivity index (χ0) is 28.3. The fourth-order valence-electron chi connectivity index (χ4n) is 4.66. The van der Waals surface area contributed by atoms with E-state index in [-0.39, 0.29) is 52.4 Å². The molecule has 0 bridgehead atoms. The predicted octanol–water partition coefficient (Wildman–Crippen LogP) is -1.81. The second-order valence-electron chi connectivity index (χ2n) is 9.12. The van der Waals surface area contributed by atoms with E-state index in [4.69, 9.17) is 32.5 Å². The van der Waals surface area contributed by atoms with Gasteiger partial charge >= 0.3 is 0 Å². The zero-order valence-electron chi connectivity index (χ0n) is 20.1. The van der Waals surface area contributed by atoms with Crippen molar-refractivity contribution in [3.63, 3.8) is 0 Å². The molecule has 0 aliphatic carbocycles. The number of hydrogen-bond acceptors (Lipinski definition) is 16. The molecule has 4 aromatic rings. The third-order valence-electron chi connectivity index (χ3n) is 6.63. The molecule has 2 saturated heterocycles. The minimum Gasteiger partial charge on any atom is -0.395 e. The molecule has 214 valence electrons. The summed E-state index contributed by atoms with van der Waals surface area (Å²) >= 11 is 6.75. The highest BCUT2D eigenvalue weighted by atomic mass is 32.5. The highest BCUT2D eigenvalue weighted by Gasteiger charge is 2.49. The first-order valence-corrected chi connectivity index (χ1v) is 15.4. The van der Waals surface area contributed by atoms with Gasteiger partial charge in [0.25, 0.3) is 5.56 Å². The van der Waals surface area contributed by atoms with E-state index in [0.29, 0.717) is 0 Å². The third-order valence-corrected chi connectivity index (χ3v) is 11.3. The number of H-pyrrole nitrogens is 1. The number of hydrogen-bond donors (Lipinski definition) is 6. The number of rotatable bonds is 7. The fourth-order valence-corrected chi connectivity index (χ4v) is 9.39. The van der Waals surface area contributed by atoms with Crippen molar-refractivity contribution < 1.29 is 28.8 Å². The molecule has 0 amide bonds. The van der Waals surface area contributed by atoms with E-state index in [0.717, 1.165) is 11.0 Å². The average Bonchev–Trinajstić information content (AvgIpc) is 3.69. The molecule has 0 spiro atoms. The lowest BCUT2D eigenvalue weighted by molar-refractivity contribution is -0.0469. The molecule has 18 nitrogen and oxygen atoms in total. The van der Waals surface area contributed by atoms with E-state index in [1.54, 1.807) is 0 Å². The Kier molecular flexibility index (Phi) is 6.94. The molecule has 0 radical (unpaired) electrons. The van der Waals surface area contributed by atoms with E-state index < -0.39 is 54.3 Å². The molecule has 1 unspecified atom stereocenters. The maximum absolute atomic E-state index is 15.1. The number of nitrogens with two attached hydrogens (primary N) is 2. The van der Waals surface area contributed by atoms with Crippen molar-refractivity contribution >= 4 is 64.2 Å². The van der Waals surface area contributed by atoms with Gasteiger partial charge in [-0.05, 0) is 18.2 Å². The van der Waals surface area contributed by atoms with Crippen molar-refractivity contribution in [3.05, 3.63) is 16.7 Å². The quantitative estimate of drug-likeness (QED) is 0.125.